The van der Waals surface area contributed by atoms with E-state index in [1.54, 1.807) is 42.7 Å². The maximum Gasteiger partial charge on any atom is 0.262 e. The monoisotopic (exact) mass is 369 g/mol. The van der Waals surface area contributed by atoms with E-state index in [-0.39, 0.29) is 12.5 Å². The number of anilines is 1. The molecule has 3 aromatic rings. The van der Waals surface area contributed by atoms with Crippen LogP contribution in [0.5, 0.6) is 11.6 Å². The summed E-state index contributed by atoms with van der Waals surface area (Å²) < 4.78 is 10.8. The summed E-state index contributed by atoms with van der Waals surface area (Å²) in [5, 5.41) is 3.78. The third-order valence-corrected chi connectivity index (χ3v) is 5.63. The quantitative estimate of drug-likeness (QED) is 0.744. The van der Waals surface area contributed by atoms with Crippen LogP contribution in [0.2, 0.25) is 0 Å². The summed E-state index contributed by atoms with van der Waals surface area (Å²) in [6, 6.07) is 7.16. The number of hydrogen-bond acceptors (Lipinski definition) is 6. The fourth-order valence-corrected chi connectivity index (χ4v) is 4.40. The van der Waals surface area contributed by atoms with Gasteiger partial charge < -0.3 is 14.8 Å². The highest BCUT2D eigenvalue weighted by Gasteiger charge is 2.21. The Morgan fingerprint density at radius 3 is 2.81 bits per heavy atom. The number of hydrogen-bond donors (Lipinski definition) is 1. The lowest BCUT2D eigenvalue weighted by molar-refractivity contribution is -0.118. The van der Waals surface area contributed by atoms with Gasteiger partial charge in [0.15, 0.2) is 6.61 Å². The fraction of sp³-hybridized carbons (Fsp3) is 0.316. The molecule has 0 spiro atoms. The third kappa shape index (κ3) is 3.35. The van der Waals surface area contributed by atoms with Crippen molar-refractivity contribution in [3.8, 4) is 11.6 Å². The van der Waals surface area contributed by atoms with Crippen molar-refractivity contribution >= 4 is 33.1 Å². The van der Waals surface area contributed by atoms with Crippen LogP contribution in [0.25, 0.3) is 10.2 Å². The minimum atomic E-state index is -0.231. The van der Waals surface area contributed by atoms with Crippen molar-refractivity contribution in [2.24, 2.45) is 0 Å². The summed E-state index contributed by atoms with van der Waals surface area (Å²) in [5.41, 5.74) is 1.99. The summed E-state index contributed by atoms with van der Waals surface area (Å²) in [6.07, 6.45) is 6.00. The van der Waals surface area contributed by atoms with Gasteiger partial charge in [-0.05, 0) is 55.5 Å². The number of aromatic nitrogens is 2. The van der Waals surface area contributed by atoms with E-state index in [0.717, 1.165) is 28.8 Å². The van der Waals surface area contributed by atoms with Crippen molar-refractivity contribution in [2.45, 2.75) is 25.7 Å². The summed E-state index contributed by atoms with van der Waals surface area (Å²) in [5.74, 6) is 1.01. The summed E-state index contributed by atoms with van der Waals surface area (Å²) in [6.45, 7) is -0.0945. The van der Waals surface area contributed by atoms with Crippen molar-refractivity contribution in [3.63, 3.8) is 0 Å². The fourth-order valence-electron chi connectivity index (χ4n) is 3.18. The molecule has 1 aromatic carbocycles. The zero-order valence-corrected chi connectivity index (χ0v) is 15.3. The average molecular weight is 369 g/mol. The Morgan fingerprint density at radius 2 is 2.00 bits per heavy atom. The highest BCUT2D eigenvalue weighted by atomic mass is 32.1. The Kier molecular flexibility index (Phi) is 4.71. The van der Waals surface area contributed by atoms with E-state index in [0.29, 0.717) is 11.6 Å². The van der Waals surface area contributed by atoms with Gasteiger partial charge in [-0.3, -0.25) is 4.79 Å². The first-order chi connectivity index (χ1) is 12.7. The van der Waals surface area contributed by atoms with Crippen LogP contribution < -0.4 is 14.8 Å². The van der Waals surface area contributed by atoms with E-state index in [4.69, 9.17) is 9.47 Å². The third-order valence-electron chi connectivity index (χ3n) is 4.43. The van der Waals surface area contributed by atoms with Gasteiger partial charge in [0, 0.05) is 10.6 Å². The van der Waals surface area contributed by atoms with Crippen LogP contribution >= 0.6 is 11.3 Å². The molecule has 26 heavy (non-hydrogen) atoms. The van der Waals surface area contributed by atoms with Gasteiger partial charge in [-0.15, -0.1) is 11.3 Å². The Balaban J connectivity index is 1.47. The number of carbonyl (C=O) groups is 1. The van der Waals surface area contributed by atoms with E-state index < -0.39 is 0 Å². The molecule has 0 atom stereocenters. The van der Waals surface area contributed by atoms with Crippen molar-refractivity contribution in [3.05, 3.63) is 41.0 Å². The number of fused-ring (bicyclic) bond motifs is 3. The molecule has 6 nitrogen and oxygen atoms in total. The van der Waals surface area contributed by atoms with Gasteiger partial charge in [0.25, 0.3) is 5.91 Å². The molecule has 4 rings (SSSR count). The predicted octanol–water partition coefficient (Wildman–Crippen LogP) is 3.60. The number of rotatable bonds is 5. The molecule has 0 aliphatic heterocycles. The molecule has 2 heterocycles. The molecule has 1 N–H and O–H groups in total. The van der Waals surface area contributed by atoms with E-state index in [9.17, 15) is 4.79 Å². The smallest absolute Gasteiger partial charge is 0.262 e. The Hall–Kier alpha value is -2.67. The zero-order chi connectivity index (χ0) is 17.9. The van der Waals surface area contributed by atoms with Crippen LogP contribution in [0.15, 0.2) is 30.6 Å². The van der Waals surface area contributed by atoms with Crippen molar-refractivity contribution in [1.82, 2.24) is 9.97 Å². The minimum absolute atomic E-state index is 0.0945. The average Bonchev–Trinajstić information content (AvgIpc) is 3.06. The molecule has 7 heteroatoms. The standard InChI is InChI=1S/C19H19N3O3S/c1-24-13-8-6-12(7-9-13)22-16(23)10-25-18-17-14-4-2-3-5-15(14)26-19(17)21-11-20-18/h6-9,11H,2-5,10H2,1H3,(H,22,23). The minimum Gasteiger partial charge on any atom is -0.497 e. The lowest BCUT2D eigenvalue weighted by Gasteiger charge is -2.12. The number of carbonyl (C=O) groups excluding carboxylic acids is 1. The number of thiophene rings is 1. The van der Waals surface area contributed by atoms with E-state index in [1.807, 2.05) is 0 Å². The van der Waals surface area contributed by atoms with Crippen molar-refractivity contribution in [1.29, 1.82) is 0 Å². The number of ether oxygens (including phenoxy) is 2. The molecular formula is C19H19N3O3S. The van der Waals surface area contributed by atoms with Crippen LogP contribution in [0, 0.1) is 0 Å². The number of nitrogens with one attached hydrogen (secondary N) is 1. The van der Waals surface area contributed by atoms with E-state index in [2.05, 4.69) is 15.3 Å². The number of methoxy groups -OCH3 is 1. The van der Waals surface area contributed by atoms with Crippen molar-refractivity contribution in [2.75, 3.05) is 19.0 Å². The largest absolute Gasteiger partial charge is 0.497 e. The first-order valence-corrected chi connectivity index (χ1v) is 9.38. The van der Waals surface area contributed by atoms with Crippen LogP contribution in [-0.4, -0.2) is 29.6 Å². The molecule has 0 saturated carbocycles. The Morgan fingerprint density at radius 1 is 1.19 bits per heavy atom. The van der Waals surface area contributed by atoms with Gasteiger partial charge in [0.1, 0.15) is 16.9 Å². The molecule has 2 aromatic heterocycles. The van der Waals surface area contributed by atoms with E-state index >= 15 is 0 Å². The molecule has 1 aliphatic carbocycles. The molecule has 134 valence electrons. The second-order valence-corrected chi connectivity index (χ2v) is 7.22. The molecule has 0 bridgehead atoms. The topological polar surface area (TPSA) is 73.3 Å². The van der Waals surface area contributed by atoms with E-state index in [1.165, 1.54) is 29.6 Å². The van der Waals surface area contributed by atoms with Gasteiger partial charge in [0.2, 0.25) is 5.88 Å². The van der Waals surface area contributed by atoms with Crippen LogP contribution in [0.1, 0.15) is 23.3 Å². The van der Waals surface area contributed by atoms with Gasteiger partial charge in [-0.1, -0.05) is 0 Å². The molecule has 0 radical (unpaired) electrons. The summed E-state index contributed by atoms with van der Waals surface area (Å²) in [4.78, 5) is 23.2. The number of amides is 1. The van der Waals surface area contributed by atoms with Gasteiger partial charge in [0.05, 0.1) is 12.5 Å². The van der Waals surface area contributed by atoms with Crippen molar-refractivity contribution < 1.29 is 14.3 Å². The Bertz CT molecular complexity index is 937. The zero-order valence-electron chi connectivity index (χ0n) is 14.4. The summed E-state index contributed by atoms with van der Waals surface area (Å²) in [7, 11) is 1.60. The van der Waals surface area contributed by atoms with Gasteiger partial charge in [-0.25, -0.2) is 9.97 Å². The number of nitrogens with zero attached hydrogens (tertiary/aromatic N) is 2. The molecule has 1 aliphatic rings. The van der Waals surface area contributed by atoms with Crippen LogP contribution in [0.3, 0.4) is 0 Å². The Labute approximate surface area is 155 Å². The normalized spacial score (nSPS) is 13.3. The lowest BCUT2D eigenvalue weighted by Crippen LogP contribution is -2.20. The second kappa shape index (κ2) is 7.29. The highest BCUT2D eigenvalue weighted by molar-refractivity contribution is 7.18. The highest BCUT2D eigenvalue weighted by Crippen LogP contribution is 2.38. The molecule has 0 unspecified atom stereocenters. The summed E-state index contributed by atoms with van der Waals surface area (Å²) >= 11 is 1.71. The van der Waals surface area contributed by atoms with Crippen LogP contribution in [-0.2, 0) is 17.6 Å². The SMILES string of the molecule is COc1ccc(NC(=O)COc2ncnc3sc4c(c23)CCCC4)cc1. The molecule has 1 amide bonds. The molecule has 0 saturated heterocycles. The number of aryl methyl sites for hydroxylation is 2. The molecule has 0 fully saturated rings. The lowest BCUT2D eigenvalue weighted by atomic mass is 9.97. The van der Waals surface area contributed by atoms with Crippen LogP contribution in [0.4, 0.5) is 5.69 Å². The predicted molar refractivity (Wildman–Crippen MR) is 101 cm³/mol. The van der Waals surface area contributed by atoms with Gasteiger partial charge in [-0.2, -0.15) is 0 Å². The number of benzene rings is 1. The molecular weight excluding hydrogens is 350 g/mol. The maximum atomic E-state index is 12.2. The second-order valence-electron chi connectivity index (χ2n) is 6.14. The van der Waals surface area contributed by atoms with Gasteiger partial charge >= 0.3 is 0 Å². The first-order valence-electron chi connectivity index (χ1n) is 8.56. The maximum absolute atomic E-state index is 12.2. The first kappa shape index (κ1) is 16.8.